The standard InChI is InChI=1S/C10H13Cl2NO2/c11-8-2-1-7(10(12)3-8)4-13-5-9(15)6-14/h1-3,9,13-15H,4-6H2. The van der Waals surface area contributed by atoms with Crippen LogP contribution in [0.25, 0.3) is 0 Å². The van der Waals surface area contributed by atoms with Crippen molar-refractivity contribution in [2.45, 2.75) is 12.6 Å². The summed E-state index contributed by atoms with van der Waals surface area (Å²) in [6, 6.07) is 5.25. The lowest BCUT2D eigenvalue weighted by Crippen LogP contribution is -2.28. The molecule has 0 saturated carbocycles. The maximum absolute atomic E-state index is 9.08. The van der Waals surface area contributed by atoms with Crippen LogP contribution in [0.1, 0.15) is 5.56 Å². The fourth-order valence-electron chi connectivity index (χ4n) is 1.10. The number of halogens is 2. The van der Waals surface area contributed by atoms with Crippen LogP contribution in [0.2, 0.25) is 10.0 Å². The van der Waals surface area contributed by atoms with E-state index in [0.29, 0.717) is 23.1 Å². The second kappa shape index (κ2) is 6.30. The topological polar surface area (TPSA) is 52.5 Å². The van der Waals surface area contributed by atoms with Gasteiger partial charge in [-0.05, 0) is 17.7 Å². The van der Waals surface area contributed by atoms with E-state index in [2.05, 4.69) is 5.32 Å². The monoisotopic (exact) mass is 249 g/mol. The van der Waals surface area contributed by atoms with Crippen molar-refractivity contribution in [3.05, 3.63) is 33.8 Å². The maximum Gasteiger partial charge on any atom is 0.0895 e. The first-order chi connectivity index (χ1) is 7.13. The van der Waals surface area contributed by atoms with E-state index in [-0.39, 0.29) is 6.61 Å². The van der Waals surface area contributed by atoms with Crippen molar-refractivity contribution >= 4 is 23.2 Å². The van der Waals surface area contributed by atoms with Crippen molar-refractivity contribution in [1.29, 1.82) is 0 Å². The highest BCUT2D eigenvalue weighted by Gasteiger charge is 2.03. The molecule has 15 heavy (non-hydrogen) atoms. The molecule has 0 saturated heterocycles. The largest absolute Gasteiger partial charge is 0.394 e. The van der Waals surface area contributed by atoms with Crippen LogP contribution in [-0.2, 0) is 6.54 Å². The molecule has 1 aromatic carbocycles. The van der Waals surface area contributed by atoms with Gasteiger partial charge in [0.1, 0.15) is 0 Å². The smallest absolute Gasteiger partial charge is 0.0895 e. The van der Waals surface area contributed by atoms with E-state index in [1.165, 1.54) is 0 Å². The van der Waals surface area contributed by atoms with Crippen molar-refractivity contribution in [2.24, 2.45) is 0 Å². The molecule has 1 unspecified atom stereocenters. The van der Waals surface area contributed by atoms with Gasteiger partial charge in [-0.3, -0.25) is 0 Å². The van der Waals surface area contributed by atoms with Gasteiger partial charge >= 0.3 is 0 Å². The van der Waals surface area contributed by atoms with Gasteiger partial charge in [0.15, 0.2) is 0 Å². The normalized spacial score (nSPS) is 12.8. The molecular weight excluding hydrogens is 237 g/mol. The van der Waals surface area contributed by atoms with Crippen molar-refractivity contribution in [2.75, 3.05) is 13.2 Å². The molecule has 1 aromatic rings. The quantitative estimate of drug-likeness (QED) is 0.741. The zero-order chi connectivity index (χ0) is 11.3. The first-order valence-electron chi connectivity index (χ1n) is 4.57. The molecule has 1 rings (SSSR count). The van der Waals surface area contributed by atoms with Gasteiger partial charge in [0, 0.05) is 23.1 Å². The number of rotatable bonds is 5. The molecule has 3 N–H and O–H groups in total. The average molecular weight is 250 g/mol. The first-order valence-corrected chi connectivity index (χ1v) is 5.32. The summed E-state index contributed by atoms with van der Waals surface area (Å²) >= 11 is 11.7. The second-order valence-electron chi connectivity index (χ2n) is 3.20. The highest BCUT2D eigenvalue weighted by atomic mass is 35.5. The Kier molecular flexibility index (Phi) is 5.36. The fourth-order valence-corrected chi connectivity index (χ4v) is 1.58. The van der Waals surface area contributed by atoms with Gasteiger partial charge in [-0.2, -0.15) is 0 Å². The summed E-state index contributed by atoms with van der Waals surface area (Å²) in [5.74, 6) is 0. The Hall–Kier alpha value is -0.320. The summed E-state index contributed by atoms with van der Waals surface area (Å²) in [4.78, 5) is 0. The van der Waals surface area contributed by atoms with Gasteiger partial charge in [0.2, 0.25) is 0 Å². The lowest BCUT2D eigenvalue weighted by Gasteiger charge is -2.09. The van der Waals surface area contributed by atoms with Gasteiger partial charge in [0.05, 0.1) is 12.7 Å². The molecule has 3 nitrogen and oxygen atoms in total. The average Bonchev–Trinajstić information content (AvgIpc) is 2.21. The third-order valence-electron chi connectivity index (χ3n) is 1.92. The van der Waals surface area contributed by atoms with E-state index < -0.39 is 6.10 Å². The minimum atomic E-state index is -0.740. The summed E-state index contributed by atoms with van der Waals surface area (Å²) in [5, 5.41) is 21.8. The SMILES string of the molecule is OCC(O)CNCc1ccc(Cl)cc1Cl. The van der Waals surface area contributed by atoms with Crippen molar-refractivity contribution in [1.82, 2.24) is 5.32 Å². The Bertz CT molecular complexity index is 320. The first kappa shape index (κ1) is 12.7. The summed E-state index contributed by atoms with van der Waals surface area (Å²) in [5.41, 5.74) is 0.909. The lowest BCUT2D eigenvalue weighted by molar-refractivity contribution is 0.0942. The number of benzene rings is 1. The van der Waals surface area contributed by atoms with Crippen LogP contribution >= 0.6 is 23.2 Å². The van der Waals surface area contributed by atoms with Crippen LogP contribution < -0.4 is 5.32 Å². The van der Waals surface area contributed by atoms with Crippen LogP contribution in [0.15, 0.2) is 18.2 Å². The highest BCUT2D eigenvalue weighted by Crippen LogP contribution is 2.20. The van der Waals surface area contributed by atoms with Gasteiger partial charge in [-0.15, -0.1) is 0 Å². The Labute approximate surface area is 98.6 Å². The van der Waals surface area contributed by atoms with Crippen molar-refractivity contribution in [3.8, 4) is 0 Å². The van der Waals surface area contributed by atoms with Crippen molar-refractivity contribution < 1.29 is 10.2 Å². The molecule has 0 aromatic heterocycles. The third-order valence-corrected chi connectivity index (χ3v) is 2.51. The Morgan fingerprint density at radius 2 is 2.07 bits per heavy atom. The van der Waals surface area contributed by atoms with E-state index in [4.69, 9.17) is 33.4 Å². The zero-order valence-electron chi connectivity index (χ0n) is 8.08. The maximum atomic E-state index is 9.08. The second-order valence-corrected chi connectivity index (χ2v) is 4.05. The van der Waals surface area contributed by atoms with E-state index in [1.54, 1.807) is 12.1 Å². The molecule has 0 spiro atoms. The van der Waals surface area contributed by atoms with Gasteiger partial charge < -0.3 is 15.5 Å². The van der Waals surface area contributed by atoms with Crippen LogP contribution in [0.4, 0.5) is 0 Å². The van der Waals surface area contributed by atoms with E-state index in [9.17, 15) is 0 Å². The van der Waals surface area contributed by atoms with Crippen molar-refractivity contribution in [3.63, 3.8) is 0 Å². The van der Waals surface area contributed by atoms with Gasteiger partial charge in [0.25, 0.3) is 0 Å². The number of nitrogens with one attached hydrogen (secondary N) is 1. The van der Waals surface area contributed by atoms with Gasteiger partial charge in [-0.25, -0.2) is 0 Å². The molecule has 1 atom stereocenters. The summed E-state index contributed by atoms with van der Waals surface area (Å²) < 4.78 is 0. The minimum Gasteiger partial charge on any atom is -0.394 e. The molecule has 0 aliphatic heterocycles. The fraction of sp³-hybridized carbons (Fsp3) is 0.400. The van der Waals surface area contributed by atoms with E-state index >= 15 is 0 Å². The number of hydrogen-bond donors (Lipinski definition) is 3. The molecule has 0 aliphatic carbocycles. The van der Waals surface area contributed by atoms with Crippen LogP contribution in [-0.4, -0.2) is 29.5 Å². The molecule has 5 heteroatoms. The van der Waals surface area contributed by atoms with Gasteiger partial charge in [-0.1, -0.05) is 29.3 Å². The summed E-state index contributed by atoms with van der Waals surface area (Å²) in [7, 11) is 0. The summed E-state index contributed by atoms with van der Waals surface area (Å²) in [6.07, 6.45) is -0.740. The van der Waals surface area contributed by atoms with E-state index in [1.807, 2.05) is 6.07 Å². The molecule has 0 radical (unpaired) electrons. The molecule has 0 bridgehead atoms. The predicted molar refractivity (Wildman–Crippen MR) is 61.3 cm³/mol. The number of hydrogen-bond acceptors (Lipinski definition) is 3. The Balaban J connectivity index is 2.44. The molecule has 0 aliphatic rings. The van der Waals surface area contributed by atoms with Crippen LogP contribution in [0, 0.1) is 0 Å². The molecule has 0 fully saturated rings. The molecule has 0 amide bonds. The van der Waals surface area contributed by atoms with E-state index in [0.717, 1.165) is 5.56 Å². The molecule has 0 heterocycles. The molecule has 84 valence electrons. The lowest BCUT2D eigenvalue weighted by atomic mass is 10.2. The molecular formula is C10H13Cl2NO2. The number of aliphatic hydroxyl groups is 2. The Morgan fingerprint density at radius 3 is 2.67 bits per heavy atom. The summed E-state index contributed by atoms with van der Waals surface area (Å²) in [6.45, 7) is 0.615. The number of aliphatic hydroxyl groups excluding tert-OH is 2. The highest BCUT2D eigenvalue weighted by molar-refractivity contribution is 6.35. The minimum absolute atomic E-state index is 0.249. The predicted octanol–water partition coefficient (Wildman–Crippen LogP) is 1.44. The van der Waals surface area contributed by atoms with Crippen LogP contribution in [0.5, 0.6) is 0 Å². The Morgan fingerprint density at radius 1 is 1.33 bits per heavy atom. The van der Waals surface area contributed by atoms with Crippen LogP contribution in [0.3, 0.4) is 0 Å². The third kappa shape index (κ3) is 4.36. The zero-order valence-corrected chi connectivity index (χ0v) is 9.59.